The number of carbonyl (C=O) groups is 1. The third-order valence-corrected chi connectivity index (χ3v) is 3.14. The van der Waals surface area contributed by atoms with Crippen LogP contribution in [0, 0.1) is 6.92 Å². The molecule has 0 fully saturated rings. The summed E-state index contributed by atoms with van der Waals surface area (Å²) in [5.41, 5.74) is 10.9. The van der Waals surface area contributed by atoms with E-state index >= 15 is 0 Å². The third kappa shape index (κ3) is 2.07. The van der Waals surface area contributed by atoms with Crippen LogP contribution in [0.25, 0.3) is 5.57 Å². The number of allylic oxidation sites excluding steroid dienone is 1. The van der Waals surface area contributed by atoms with Crippen LogP contribution in [0.15, 0.2) is 24.3 Å². The van der Waals surface area contributed by atoms with Gasteiger partial charge in [-0.05, 0) is 43.4 Å². The zero-order valence-electron chi connectivity index (χ0n) is 9.79. The standard InChI is InChI=1S/C14H17NO/c1-9-3-4-11-5-6-12(13(11)7-9)8-14(15)10(2)16/h3-4,6-7,14H,5,8,15H2,1-2H3. The Kier molecular flexibility index (Phi) is 2.92. The third-order valence-electron chi connectivity index (χ3n) is 3.14. The molecule has 1 unspecified atom stereocenters. The molecule has 84 valence electrons. The van der Waals surface area contributed by atoms with Gasteiger partial charge in [-0.1, -0.05) is 29.8 Å². The normalized spacial score (nSPS) is 15.6. The largest absolute Gasteiger partial charge is 0.321 e. The van der Waals surface area contributed by atoms with E-state index in [1.807, 2.05) is 0 Å². The molecule has 1 atom stereocenters. The summed E-state index contributed by atoms with van der Waals surface area (Å²) in [5, 5.41) is 0. The lowest BCUT2D eigenvalue weighted by Gasteiger charge is -2.11. The average Bonchev–Trinajstić information content (AvgIpc) is 2.61. The number of aryl methyl sites for hydroxylation is 1. The van der Waals surface area contributed by atoms with E-state index in [4.69, 9.17) is 5.73 Å². The lowest BCUT2D eigenvalue weighted by atomic mass is 9.97. The van der Waals surface area contributed by atoms with E-state index in [2.05, 4.69) is 31.2 Å². The van der Waals surface area contributed by atoms with Crippen molar-refractivity contribution in [1.29, 1.82) is 0 Å². The van der Waals surface area contributed by atoms with Crippen molar-refractivity contribution < 1.29 is 4.79 Å². The first kappa shape index (κ1) is 11.1. The minimum atomic E-state index is -0.363. The highest BCUT2D eigenvalue weighted by Gasteiger charge is 2.18. The Morgan fingerprint density at radius 1 is 1.50 bits per heavy atom. The van der Waals surface area contributed by atoms with Gasteiger partial charge in [-0.3, -0.25) is 4.79 Å². The van der Waals surface area contributed by atoms with Crippen LogP contribution in [-0.2, 0) is 11.2 Å². The Bertz CT molecular complexity index is 460. The SMILES string of the molecule is CC(=O)C(N)CC1=CCc2ccc(C)cc21. The molecule has 1 aromatic carbocycles. The van der Waals surface area contributed by atoms with Crippen LogP contribution in [0.1, 0.15) is 30.0 Å². The molecule has 1 aromatic rings. The van der Waals surface area contributed by atoms with Crippen LogP contribution >= 0.6 is 0 Å². The van der Waals surface area contributed by atoms with Gasteiger partial charge in [-0.15, -0.1) is 0 Å². The topological polar surface area (TPSA) is 43.1 Å². The molecule has 0 amide bonds. The first-order chi connectivity index (χ1) is 7.58. The van der Waals surface area contributed by atoms with Gasteiger partial charge in [0.15, 0.2) is 0 Å². The number of hydrogen-bond donors (Lipinski definition) is 1. The maximum atomic E-state index is 11.2. The summed E-state index contributed by atoms with van der Waals surface area (Å²) >= 11 is 0. The molecule has 2 N–H and O–H groups in total. The number of rotatable bonds is 3. The average molecular weight is 215 g/mol. The summed E-state index contributed by atoms with van der Waals surface area (Å²) in [5.74, 6) is 0.0574. The number of benzene rings is 1. The van der Waals surface area contributed by atoms with Crippen molar-refractivity contribution in [3.05, 3.63) is 41.0 Å². The van der Waals surface area contributed by atoms with Crippen LogP contribution in [0.3, 0.4) is 0 Å². The lowest BCUT2D eigenvalue weighted by Crippen LogP contribution is -2.28. The van der Waals surface area contributed by atoms with Gasteiger partial charge in [0.2, 0.25) is 0 Å². The van der Waals surface area contributed by atoms with E-state index in [1.165, 1.54) is 22.3 Å². The van der Waals surface area contributed by atoms with Gasteiger partial charge < -0.3 is 5.73 Å². The molecule has 0 aromatic heterocycles. The maximum absolute atomic E-state index is 11.2. The molecule has 2 rings (SSSR count). The van der Waals surface area contributed by atoms with Crippen molar-refractivity contribution in [2.24, 2.45) is 5.73 Å². The van der Waals surface area contributed by atoms with E-state index in [9.17, 15) is 4.79 Å². The summed E-state index contributed by atoms with van der Waals surface area (Å²) in [6.07, 6.45) is 3.81. The fraction of sp³-hybridized carbons (Fsp3) is 0.357. The van der Waals surface area contributed by atoms with E-state index in [0.29, 0.717) is 6.42 Å². The van der Waals surface area contributed by atoms with Crippen LogP contribution in [0.2, 0.25) is 0 Å². The predicted octanol–water partition coefficient (Wildman–Crippen LogP) is 2.24. The fourth-order valence-corrected chi connectivity index (χ4v) is 2.08. The van der Waals surface area contributed by atoms with Crippen LogP contribution in [0.4, 0.5) is 0 Å². The molecular formula is C14H17NO. The van der Waals surface area contributed by atoms with E-state index in [1.54, 1.807) is 6.92 Å². The number of Topliss-reactive ketones (excluding diaryl/α,β-unsaturated/α-hetero) is 1. The second kappa shape index (κ2) is 4.22. The van der Waals surface area contributed by atoms with Crippen molar-refractivity contribution in [1.82, 2.24) is 0 Å². The number of carbonyl (C=O) groups excluding carboxylic acids is 1. The van der Waals surface area contributed by atoms with Crippen molar-refractivity contribution in [3.63, 3.8) is 0 Å². The Hall–Kier alpha value is -1.41. The highest BCUT2D eigenvalue weighted by Crippen LogP contribution is 2.31. The molecule has 16 heavy (non-hydrogen) atoms. The molecule has 0 spiro atoms. The summed E-state index contributed by atoms with van der Waals surface area (Å²) in [6, 6.07) is 6.10. The Morgan fingerprint density at radius 3 is 2.94 bits per heavy atom. The van der Waals surface area contributed by atoms with E-state index in [-0.39, 0.29) is 11.8 Å². The van der Waals surface area contributed by atoms with E-state index < -0.39 is 0 Å². The van der Waals surface area contributed by atoms with Crippen molar-refractivity contribution in [2.75, 3.05) is 0 Å². The second-order valence-electron chi connectivity index (χ2n) is 4.52. The molecule has 0 saturated carbocycles. The molecule has 1 aliphatic rings. The smallest absolute Gasteiger partial charge is 0.146 e. The monoisotopic (exact) mass is 215 g/mol. The van der Waals surface area contributed by atoms with Crippen molar-refractivity contribution in [2.45, 2.75) is 32.7 Å². The Labute approximate surface area is 96.2 Å². The van der Waals surface area contributed by atoms with Gasteiger partial charge in [0.05, 0.1) is 6.04 Å². The molecule has 0 heterocycles. The first-order valence-electron chi connectivity index (χ1n) is 5.63. The molecule has 2 nitrogen and oxygen atoms in total. The molecule has 1 aliphatic carbocycles. The Morgan fingerprint density at radius 2 is 2.25 bits per heavy atom. The molecule has 2 heteroatoms. The van der Waals surface area contributed by atoms with Crippen LogP contribution < -0.4 is 5.73 Å². The number of ketones is 1. The first-order valence-corrected chi connectivity index (χ1v) is 5.63. The quantitative estimate of drug-likeness (QED) is 0.840. The zero-order chi connectivity index (χ0) is 11.7. The summed E-state index contributed by atoms with van der Waals surface area (Å²) in [4.78, 5) is 11.2. The minimum absolute atomic E-state index is 0.0574. The summed E-state index contributed by atoms with van der Waals surface area (Å²) in [7, 11) is 0. The van der Waals surface area contributed by atoms with Gasteiger partial charge in [-0.2, -0.15) is 0 Å². The van der Waals surface area contributed by atoms with Crippen molar-refractivity contribution in [3.8, 4) is 0 Å². The molecule has 0 aliphatic heterocycles. The molecule has 0 bridgehead atoms. The van der Waals surface area contributed by atoms with Gasteiger partial charge in [-0.25, -0.2) is 0 Å². The zero-order valence-corrected chi connectivity index (χ0v) is 9.79. The van der Waals surface area contributed by atoms with Gasteiger partial charge in [0, 0.05) is 0 Å². The van der Waals surface area contributed by atoms with Crippen LogP contribution in [0.5, 0.6) is 0 Å². The number of hydrogen-bond acceptors (Lipinski definition) is 2. The second-order valence-corrected chi connectivity index (χ2v) is 4.52. The molecule has 0 saturated heterocycles. The molecular weight excluding hydrogens is 198 g/mol. The maximum Gasteiger partial charge on any atom is 0.146 e. The Balaban J connectivity index is 2.22. The highest BCUT2D eigenvalue weighted by atomic mass is 16.1. The highest BCUT2D eigenvalue weighted by molar-refractivity contribution is 5.85. The minimum Gasteiger partial charge on any atom is -0.321 e. The fourth-order valence-electron chi connectivity index (χ4n) is 2.08. The van der Waals surface area contributed by atoms with E-state index in [0.717, 1.165) is 6.42 Å². The van der Waals surface area contributed by atoms with Gasteiger partial charge >= 0.3 is 0 Å². The number of fused-ring (bicyclic) bond motifs is 1. The lowest BCUT2D eigenvalue weighted by molar-refractivity contribution is -0.118. The number of nitrogens with two attached hydrogens (primary N) is 1. The van der Waals surface area contributed by atoms with Crippen molar-refractivity contribution >= 4 is 11.4 Å². The summed E-state index contributed by atoms with van der Waals surface area (Å²) in [6.45, 7) is 3.64. The predicted molar refractivity (Wildman–Crippen MR) is 66.1 cm³/mol. The van der Waals surface area contributed by atoms with Gasteiger partial charge in [0.25, 0.3) is 0 Å². The summed E-state index contributed by atoms with van der Waals surface area (Å²) < 4.78 is 0. The van der Waals surface area contributed by atoms with Gasteiger partial charge in [0.1, 0.15) is 5.78 Å². The van der Waals surface area contributed by atoms with Crippen LogP contribution in [-0.4, -0.2) is 11.8 Å². The molecule has 0 radical (unpaired) electrons.